The molecule has 3 aromatic carbocycles. The molecule has 8 heteroatoms. The number of nitrogens with zero attached hydrogens (tertiary/aromatic N) is 1. The summed E-state index contributed by atoms with van der Waals surface area (Å²) in [7, 11) is 0. The van der Waals surface area contributed by atoms with Gasteiger partial charge in [-0.15, -0.1) is 0 Å². The maximum atomic E-state index is 13.6. The van der Waals surface area contributed by atoms with Gasteiger partial charge in [0.2, 0.25) is 11.9 Å². The van der Waals surface area contributed by atoms with Crippen molar-refractivity contribution in [2.75, 3.05) is 5.32 Å². The molecule has 0 unspecified atom stereocenters. The predicted molar refractivity (Wildman–Crippen MR) is 137 cm³/mol. The Labute approximate surface area is 206 Å². The van der Waals surface area contributed by atoms with Gasteiger partial charge >= 0.3 is 0 Å². The van der Waals surface area contributed by atoms with Gasteiger partial charge in [-0.1, -0.05) is 24.3 Å². The summed E-state index contributed by atoms with van der Waals surface area (Å²) in [5.41, 5.74) is 5.53. The Bertz CT molecular complexity index is 1630. The number of nitrogens with one attached hydrogen (secondary N) is 4. The first kappa shape index (κ1) is 22.0. The zero-order chi connectivity index (χ0) is 24.8. The molecule has 6 rings (SSSR count). The summed E-state index contributed by atoms with van der Waals surface area (Å²) in [6.07, 6.45) is 3.55. The van der Waals surface area contributed by atoms with Crippen molar-refractivity contribution in [1.82, 2.24) is 20.3 Å². The number of rotatable bonds is 6. The van der Waals surface area contributed by atoms with E-state index in [0.717, 1.165) is 45.9 Å². The lowest BCUT2D eigenvalue weighted by Gasteiger charge is -2.14. The molecule has 2 aromatic heterocycles. The average molecular weight is 482 g/mol. The van der Waals surface area contributed by atoms with Crippen LogP contribution in [-0.4, -0.2) is 26.8 Å². The highest BCUT2D eigenvalue weighted by molar-refractivity contribution is 6.08. The second-order valence-corrected chi connectivity index (χ2v) is 9.29. The third-order valence-corrected chi connectivity index (χ3v) is 6.63. The summed E-state index contributed by atoms with van der Waals surface area (Å²) in [6, 6.07) is 17.6. The first-order valence-corrected chi connectivity index (χ1v) is 11.9. The SMILES string of the molecule is C[C@H](NC(=O)c1c[nH]c2ccc(-c3ccc4nc(NC(=O)C5CC5)[nH]c4c3)cc12)c1cccc(F)c1. The molecule has 0 bridgehead atoms. The van der Waals surface area contributed by atoms with E-state index in [0.29, 0.717) is 17.1 Å². The van der Waals surface area contributed by atoms with Crippen molar-refractivity contribution in [3.63, 3.8) is 0 Å². The standard InChI is InChI=1S/C28H24FN5O2/c1-15(17-3-2-4-20(29)11-17)31-27(36)22-14-30-23-9-7-18(12-21(22)23)19-8-10-24-25(13-19)33-28(32-24)34-26(35)16-5-6-16/h2-4,7-16,30H,5-6H2,1H3,(H,31,36)(H2,32,33,34,35)/t15-/m0/s1. The number of benzene rings is 3. The number of hydrogen-bond acceptors (Lipinski definition) is 3. The summed E-state index contributed by atoms with van der Waals surface area (Å²) < 4.78 is 13.6. The van der Waals surface area contributed by atoms with E-state index in [1.807, 2.05) is 43.3 Å². The van der Waals surface area contributed by atoms with Crippen molar-refractivity contribution in [3.05, 3.63) is 83.8 Å². The van der Waals surface area contributed by atoms with Crippen LogP contribution in [-0.2, 0) is 4.79 Å². The molecule has 36 heavy (non-hydrogen) atoms. The van der Waals surface area contributed by atoms with Crippen LogP contribution < -0.4 is 10.6 Å². The molecule has 1 saturated carbocycles. The van der Waals surface area contributed by atoms with Crippen LogP contribution in [0.4, 0.5) is 10.3 Å². The lowest BCUT2D eigenvalue weighted by atomic mass is 10.0. The van der Waals surface area contributed by atoms with E-state index >= 15 is 0 Å². The first-order chi connectivity index (χ1) is 17.4. The number of aromatic amines is 2. The highest BCUT2D eigenvalue weighted by Gasteiger charge is 2.30. The van der Waals surface area contributed by atoms with E-state index in [-0.39, 0.29) is 29.6 Å². The minimum absolute atomic E-state index is 0.00436. The van der Waals surface area contributed by atoms with Gasteiger partial charge < -0.3 is 15.3 Å². The Morgan fingerprint density at radius 3 is 2.64 bits per heavy atom. The number of hydrogen-bond donors (Lipinski definition) is 4. The van der Waals surface area contributed by atoms with Crippen molar-refractivity contribution in [1.29, 1.82) is 0 Å². The van der Waals surface area contributed by atoms with Crippen LogP contribution >= 0.6 is 0 Å². The van der Waals surface area contributed by atoms with Gasteiger partial charge in [-0.3, -0.25) is 14.9 Å². The van der Waals surface area contributed by atoms with Crippen LogP contribution in [0.2, 0.25) is 0 Å². The molecule has 7 nitrogen and oxygen atoms in total. The number of fused-ring (bicyclic) bond motifs is 2. The Morgan fingerprint density at radius 2 is 1.83 bits per heavy atom. The zero-order valence-corrected chi connectivity index (χ0v) is 19.6. The quantitative estimate of drug-likeness (QED) is 0.251. The molecule has 1 atom stereocenters. The van der Waals surface area contributed by atoms with Crippen molar-refractivity contribution in [2.45, 2.75) is 25.8 Å². The molecule has 5 aromatic rings. The van der Waals surface area contributed by atoms with E-state index < -0.39 is 0 Å². The van der Waals surface area contributed by atoms with Crippen molar-refractivity contribution in [2.24, 2.45) is 5.92 Å². The number of imidazole rings is 1. The number of carbonyl (C=O) groups excluding carboxylic acids is 2. The normalized spacial score (nSPS) is 14.2. The monoisotopic (exact) mass is 481 g/mol. The third kappa shape index (κ3) is 4.22. The molecule has 2 heterocycles. The van der Waals surface area contributed by atoms with E-state index in [1.165, 1.54) is 12.1 Å². The summed E-state index contributed by atoms with van der Waals surface area (Å²) >= 11 is 0. The van der Waals surface area contributed by atoms with E-state index in [4.69, 9.17) is 0 Å². The molecule has 4 N–H and O–H groups in total. The molecule has 0 radical (unpaired) electrons. The molecule has 1 fully saturated rings. The maximum absolute atomic E-state index is 13.6. The van der Waals surface area contributed by atoms with Crippen LogP contribution in [0.1, 0.15) is 41.7 Å². The van der Waals surface area contributed by atoms with Gasteiger partial charge in [-0.2, -0.15) is 0 Å². The molecular formula is C28H24FN5O2. The largest absolute Gasteiger partial charge is 0.360 e. The van der Waals surface area contributed by atoms with Crippen LogP contribution in [0.25, 0.3) is 33.1 Å². The van der Waals surface area contributed by atoms with E-state index in [9.17, 15) is 14.0 Å². The Morgan fingerprint density at radius 1 is 1.03 bits per heavy atom. The minimum atomic E-state index is -0.348. The van der Waals surface area contributed by atoms with Gasteiger partial charge in [0.25, 0.3) is 5.91 Å². The van der Waals surface area contributed by atoms with Gasteiger partial charge in [-0.25, -0.2) is 9.37 Å². The fourth-order valence-electron chi connectivity index (χ4n) is 4.43. The molecule has 0 aliphatic heterocycles. The molecule has 1 aliphatic rings. The zero-order valence-electron chi connectivity index (χ0n) is 19.6. The molecule has 2 amide bonds. The lowest BCUT2D eigenvalue weighted by molar-refractivity contribution is -0.117. The summed E-state index contributed by atoms with van der Waals surface area (Å²) in [4.78, 5) is 36.0. The number of halogens is 1. The van der Waals surface area contributed by atoms with Gasteiger partial charge in [0.05, 0.1) is 22.6 Å². The summed E-state index contributed by atoms with van der Waals surface area (Å²) in [5, 5.41) is 6.60. The number of aromatic nitrogens is 3. The maximum Gasteiger partial charge on any atom is 0.253 e. The topological polar surface area (TPSA) is 103 Å². The molecule has 0 saturated heterocycles. The second-order valence-electron chi connectivity index (χ2n) is 9.29. The van der Waals surface area contributed by atoms with Crippen molar-refractivity contribution >= 4 is 39.7 Å². The highest BCUT2D eigenvalue weighted by Crippen LogP contribution is 2.31. The van der Waals surface area contributed by atoms with Crippen LogP contribution in [0.3, 0.4) is 0 Å². The first-order valence-electron chi connectivity index (χ1n) is 11.9. The Hall–Kier alpha value is -4.46. The van der Waals surface area contributed by atoms with Gasteiger partial charge in [-0.05, 0) is 72.9 Å². The van der Waals surface area contributed by atoms with Crippen LogP contribution in [0.5, 0.6) is 0 Å². The molecule has 0 spiro atoms. The Balaban J connectivity index is 1.27. The third-order valence-electron chi connectivity index (χ3n) is 6.63. The van der Waals surface area contributed by atoms with Crippen molar-refractivity contribution in [3.8, 4) is 11.1 Å². The Kier molecular flexibility index (Phi) is 5.29. The van der Waals surface area contributed by atoms with Gasteiger partial charge in [0.15, 0.2) is 0 Å². The number of amides is 2. The fourth-order valence-corrected chi connectivity index (χ4v) is 4.43. The highest BCUT2D eigenvalue weighted by atomic mass is 19.1. The average Bonchev–Trinajstić information content (AvgIpc) is 3.52. The minimum Gasteiger partial charge on any atom is -0.360 e. The molecular weight excluding hydrogens is 457 g/mol. The number of carbonyl (C=O) groups is 2. The predicted octanol–water partition coefficient (Wildman–Crippen LogP) is 5.69. The van der Waals surface area contributed by atoms with E-state index in [1.54, 1.807) is 18.3 Å². The lowest BCUT2D eigenvalue weighted by Crippen LogP contribution is -2.26. The van der Waals surface area contributed by atoms with E-state index in [2.05, 4.69) is 25.6 Å². The second kappa shape index (κ2) is 8.64. The molecule has 1 aliphatic carbocycles. The van der Waals surface area contributed by atoms with Crippen LogP contribution in [0, 0.1) is 11.7 Å². The summed E-state index contributed by atoms with van der Waals surface area (Å²) in [6.45, 7) is 1.83. The molecule has 180 valence electrons. The summed E-state index contributed by atoms with van der Waals surface area (Å²) in [5.74, 6) is -0.0199. The number of H-pyrrole nitrogens is 2. The number of anilines is 1. The van der Waals surface area contributed by atoms with Gasteiger partial charge in [0.1, 0.15) is 5.82 Å². The smallest absolute Gasteiger partial charge is 0.253 e. The van der Waals surface area contributed by atoms with Crippen LogP contribution in [0.15, 0.2) is 66.9 Å². The van der Waals surface area contributed by atoms with Crippen molar-refractivity contribution < 1.29 is 14.0 Å². The fraction of sp³-hybridized carbons (Fsp3) is 0.179. The van der Waals surface area contributed by atoms with Gasteiger partial charge in [0, 0.05) is 23.0 Å².